The van der Waals surface area contributed by atoms with Crippen LogP contribution in [0, 0.1) is 6.92 Å². The maximum atomic E-state index is 12.8. The van der Waals surface area contributed by atoms with E-state index < -0.39 is 16.1 Å². The highest BCUT2D eigenvalue weighted by Gasteiger charge is 2.31. The van der Waals surface area contributed by atoms with E-state index in [-0.39, 0.29) is 5.91 Å². The summed E-state index contributed by atoms with van der Waals surface area (Å²) in [5.74, 6) is 0.526. The predicted molar refractivity (Wildman–Crippen MR) is 117 cm³/mol. The number of amides is 1. The number of aryl methyl sites for hydroxylation is 2. The van der Waals surface area contributed by atoms with E-state index in [9.17, 15) is 13.2 Å². The lowest BCUT2D eigenvalue weighted by Crippen LogP contribution is -2.49. The van der Waals surface area contributed by atoms with E-state index in [0.717, 1.165) is 36.0 Å². The van der Waals surface area contributed by atoms with E-state index in [4.69, 9.17) is 4.74 Å². The van der Waals surface area contributed by atoms with Crippen LogP contribution < -0.4 is 14.4 Å². The normalized spacial score (nSPS) is 12.3. The third-order valence-electron chi connectivity index (χ3n) is 4.72. The van der Waals surface area contributed by atoms with Crippen LogP contribution in [0.4, 0.5) is 5.69 Å². The second-order valence-corrected chi connectivity index (χ2v) is 8.92. The van der Waals surface area contributed by atoms with E-state index in [1.807, 2.05) is 50.2 Å². The monoisotopic (exact) mass is 418 g/mol. The molecule has 6 nitrogen and oxygen atoms in total. The summed E-state index contributed by atoms with van der Waals surface area (Å²) in [4.78, 5) is 12.8. The van der Waals surface area contributed by atoms with Crippen LogP contribution >= 0.6 is 0 Å². The number of carbonyl (C=O) groups is 1. The molecule has 0 heterocycles. The maximum Gasteiger partial charge on any atom is 0.243 e. The highest BCUT2D eigenvalue weighted by Crippen LogP contribution is 2.23. The molecule has 0 spiro atoms. The third kappa shape index (κ3) is 6.49. The van der Waals surface area contributed by atoms with Crippen LogP contribution in [0.15, 0.2) is 48.5 Å². The zero-order valence-electron chi connectivity index (χ0n) is 17.5. The maximum absolute atomic E-state index is 12.8. The molecule has 0 aromatic heterocycles. The Morgan fingerprint density at radius 1 is 1.10 bits per heavy atom. The molecule has 0 radical (unpaired) electrons. The van der Waals surface area contributed by atoms with Crippen molar-refractivity contribution in [2.45, 2.75) is 39.2 Å². The Morgan fingerprint density at radius 3 is 2.24 bits per heavy atom. The summed E-state index contributed by atoms with van der Waals surface area (Å²) >= 11 is 0. The van der Waals surface area contributed by atoms with Gasteiger partial charge in [-0.25, -0.2) is 8.42 Å². The van der Waals surface area contributed by atoms with Gasteiger partial charge in [-0.3, -0.25) is 9.10 Å². The lowest BCUT2D eigenvalue weighted by Gasteiger charge is -2.30. The summed E-state index contributed by atoms with van der Waals surface area (Å²) in [5, 5.41) is 2.89. The van der Waals surface area contributed by atoms with Crippen molar-refractivity contribution < 1.29 is 17.9 Å². The zero-order chi connectivity index (χ0) is 21.4. The Kier molecular flexibility index (Phi) is 8.08. The van der Waals surface area contributed by atoms with Crippen LogP contribution in [0.3, 0.4) is 0 Å². The van der Waals surface area contributed by atoms with E-state index in [1.54, 1.807) is 19.2 Å². The highest BCUT2D eigenvalue weighted by atomic mass is 32.2. The molecule has 2 aromatic rings. The van der Waals surface area contributed by atoms with Crippen molar-refractivity contribution in [1.29, 1.82) is 0 Å². The van der Waals surface area contributed by atoms with Crippen molar-refractivity contribution in [1.82, 2.24) is 5.32 Å². The SMILES string of the molecule is CC[C@@H](C(=O)NCCCc1ccc(OC)cc1)N(c1ccc(C)cc1)S(C)(=O)=O. The molecular formula is C22H30N2O4S. The number of nitrogens with zero attached hydrogens (tertiary/aromatic N) is 1. The van der Waals surface area contributed by atoms with Gasteiger partial charge in [-0.15, -0.1) is 0 Å². The number of hydrogen-bond donors (Lipinski definition) is 1. The first kappa shape index (κ1) is 22.7. The molecule has 1 N–H and O–H groups in total. The van der Waals surface area contributed by atoms with Crippen LogP contribution in [-0.2, 0) is 21.2 Å². The highest BCUT2D eigenvalue weighted by molar-refractivity contribution is 7.92. The molecule has 158 valence electrons. The molecule has 1 atom stereocenters. The molecule has 0 fully saturated rings. The lowest BCUT2D eigenvalue weighted by atomic mass is 10.1. The first-order valence-corrected chi connectivity index (χ1v) is 11.6. The number of rotatable bonds is 10. The second kappa shape index (κ2) is 10.3. The number of sulfonamides is 1. The molecule has 0 aliphatic heterocycles. The molecule has 0 saturated heterocycles. The van der Waals surface area contributed by atoms with Gasteiger partial charge in [-0.2, -0.15) is 0 Å². The average molecular weight is 419 g/mol. The molecule has 0 bridgehead atoms. The van der Waals surface area contributed by atoms with Gasteiger partial charge in [0.05, 0.1) is 19.1 Å². The van der Waals surface area contributed by atoms with Gasteiger partial charge in [0.1, 0.15) is 11.8 Å². The van der Waals surface area contributed by atoms with Crippen LogP contribution in [0.2, 0.25) is 0 Å². The minimum absolute atomic E-state index is 0.284. The summed E-state index contributed by atoms with van der Waals surface area (Å²) in [6, 6.07) is 14.2. The molecule has 2 aromatic carbocycles. The van der Waals surface area contributed by atoms with Crippen molar-refractivity contribution >= 4 is 21.6 Å². The Hall–Kier alpha value is -2.54. The van der Waals surface area contributed by atoms with Crippen molar-refractivity contribution in [2.75, 3.05) is 24.2 Å². The summed E-state index contributed by atoms with van der Waals surface area (Å²) in [6.07, 6.45) is 3.09. The molecular weight excluding hydrogens is 388 g/mol. The third-order valence-corrected chi connectivity index (χ3v) is 5.90. The summed E-state index contributed by atoms with van der Waals surface area (Å²) < 4.78 is 31.2. The number of anilines is 1. The van der Waals surface area contributed by atoms with E-state index >= 15 is 0 Å². The number of ether oxygens (including phenoxy) is 1. The Balaban J connectivity index is 2.00. The van der Waals surface area contributed by atoms with Gasteiger partial charge in [-0.1, -0.05) is 36.8 Å². The summed E-state index contributed by atoms with van der Waals surface area (Å²) in [6.45, 7) is 4.22. The molecule has 0 aliphatic carbocycles. The second-order valence-electron chi connectivity index (χ2n) is 7.06. The molecule has 0 saturated carbocycles. The smallest absolute Gasteiger partial charge is 0.243 e. The van der Waals surface area contributed by atoms with Crippen molar-refractivity contribution in [3.8, 4) is 5.75 Å². The van der Waals surface area contributed by atoms with E-state index in [0.29, 0.717) is 18.7 Å². The van der Waals surface area contributed by atoms with Gasteiger partial charge in [-0.05, 0) is 56.0 Å². The Labute approximate surface area is 173 Å². The number of nitrogens with one attached hydrogen (secondary N) is 1. The van der Waals surface area contributed by atoms with Crippen molar-refractivity contribution in [2.24, 2.45) is 0 Å². The van der Waals surface area contributed by atoms with Gasteiger partial charge in [0.25, 0.3) is 0 Å². The van der Waals surface area contributed by atoms with Gasteiger partial charge in [0.15, 0.2) is 0 Å². The lowest BCUT2D eigenvalue weighted by molar-refractivity contribution is -0.122. The largest absolute Gasteiger partial charge is 0.497 e. The average Bonchev–Trinajstić information content (AvgIpc) is 2.69. The zero-order valence-corrected chi connectivity index (χ0v) is 18.3. The quantitative estimate of drug-likeness (QED) is 0.601. The fourth-order valence-electron chi connectivity index (χ4n) is 3.17. The summed E-state index contributed by atoms with van der Waals surface area (Å²) in [7, 11) is -1.98. The molecule has 2 rings (SSSR count). The fourth-order valence-corrected chi connectivity index (χ4v) is 4.38. The molecule has 0 unspecified atom stereocenters. The van der Waals surface area contributed by atoms with Crippen LogP contribution in [-0.4, -0.2) is 40.3 Å². The molecule has 7 heteroatoms. The van der Waals surface area contributed by atoms with E-state index in [2.05, 4.69) is 5.32 Å². The molecule has 29 heavy (non-hydrogen) atoms. The topological polar surface area (TPSA) is 75.7 Å². The number of carbonyl (C=O) groups excluding carboxylic acids is 1. The minimum atomic E-state index is -3.61. The van der Waals surface area contributed by atoms with Gasteiger partial charge >= 0.3 is 0 Å². The first-order chi connectivity index (χ1) is 13.8. The van der Waals surface area contributed by atoms with Crippen LogP contribution in [0.1, 0.15) is 30.9 Å². The minimum Gasteiger partial charge on any atom is -0.497 e. The van der Waals surface area contributed by atoms with Gasteiger partial charge in [0.2, 0.25) is 15.9 Å². The van der Waals surface area contributed by atoms with Gasteiger partial charge in [0, 0.05) is 6.54 Å². The first-order valence-electron chi connectivity index (χ1n) is 9.73. The van der Waals surface area contributed by atoms with Gasteiger partial charge < -0.3 is 10.1 Å². The Morgan fingerprint density at radius 2 is 1.72 bits per heavy atom. The Bertz CT molecular complexity index is 893. The number of methoxy groups -OCH3 is 1. The van der Waals surface area contributed by atoms with Crippen molar-refractivity contribution in [3.05, 3.63) is 59.7 Å². The van der Waals surface area contributed by atoms with Crippen molar-refractivity contribution in [3.63, 3.8) is 0 Å². The molecule has 0 aliphatic rings. The fraction of sp³-hybridized carbons (Fsp3) is 0.409. The number of hydrogen-bond acceptors (Lipinski definition) is 4. The van der Waals surface area contributed by atoms with Crippen LogP contribution in [0.25, 0.3) is 0 Å². The predicted octanol–water partition coefficient (Wildman–Crippen LogP) is 3.30. The molecule has 1 amide bonds. The number of benzene rings is 2. The van der Waals surface area contributed by atoms with E-state index in [1.165, 1.54) is 4.31 Å². The summed E-state index contributed by atoms with van der Waals surface area (Å²) in [5.41, 5.74) is 2.68. The van der Waals surface area contributed by atoms with Crippen LogP contribution in [0.5, 0.6) is 5.75 Å². The standard InChI is InChI=1S/C22H30N2O4S/c1-5-21(24(29(4,26)27)19-12-8-17(2)9-13-19)22(25)23-16-6-7-18-10-14-20(28-3)15-11-18/h8-15,21H,5-7,16H2,1-4H3,(H,23,25)/t21-/m0/s1.